The Morgan fingerprint density at radius 2 is 2.46 bits per heavy atom. The van der Waals surface area contributed by atoms with E-state index in [-0.39, 0.29) is 5.56 Å². The maximum Gasteiger partial charge on any atom is 0.267 e. The molecular weight excluding hydrogens is 164 g/mol. The molecule has 0 N–H and O–H groups in total. The van der Waals surface area contributed by atoms with Crippen LogP contribution in [-0.4, -0.2) is 9.78 Å². The van der Waals surface area contributed by atoms with Crippen LogP contribution in [0, 0.1) is 0 Å². The van der Waals surface area contributed by atoms with Crippen LogP contribution in [0.2, 0.25) is 0 Å². The number of hydrogen-bond donors (Lipinski definition) is 0. The Balaban J connectivity index is 2.49. The van der Waals surface area contributed by atoms with Gasteiger partial charge in [-0.15, -0.1) is 6.58 Å². The van der Waals surface area contributed by atoms with E-state index >= 15 is 0 Å². The summed E-state index contributed by atoms with van der Waals surface area (Å²) in [5, 5.41) is 4.28. The lowest BCUT2D eigenvalue weighted by Crippen LogP contribution is -2.23. The van der Waals surface area contributed by atoms with Crippen LogP contribution in [-0.2, 0) is 19.4 Å². The smallest absolute Gasteiger partial charge is 0.267 e. The Labute approximate surface area is 76.7 Å². The summed E-state index contributed by atoms with van der Waals surface area (Å²) in [4.78, 5) is 11.4. The predicted molar refractivity (Wildman–Crippen MR) is 50.7 cm³/mol. The average molecular weight is 176 g/mol. The minimum atomic E-state index is -0.0134. The van der Waals surface area contributed by atoms with Crippen molar-refractivity contribution in [2.75, 3.05) is 0 Å². The second-order valence-electron chi connectivity index (χ2n) is 3.28. The summed E-state index contributed by atoms with van der Waals surface area (Å²) in [5.74, 6) is 0. The number of hydrogen-bond acceptors (Lipinski definition) is 2. The molecule has 1 heterocycles. The highest BCUT2D eigenvalue weighted by Gasteiger charge is 2.13. The van der Waals surface area contributed by atoms with Gasteiger partial charge in [0.25, 0.3) is 5.56 Å². The second kappa shape index (κ2) is 3.17. The van der Waals surface area contributed by atoms with E-state index in [1.54, 1.807) is 12.1 Å². The monoisotopic (exact) mass is 176 g/mol. The highest BCUT2D eigenvalue weighted by atomic mass is 16.1. The molecule has 0 spiro atoms. The molecule has 0 aliphatic heterocycles. The molecule has 1 aromatic heterocycles. The summed E-state index contributed by atoms with van der Waals surface area (Å²) in [6.45, 7) is 4.10. The molecular formula is C10H12N2O. The first-order chi connectivity index (χ1) is 6.31. The molecule has 1 aromatic rings. The van der Waals surface area contributed by atoms with Crippen LogP contribution in [0.3, 0.4) is 0 Å². The molecule has 13 heavy (non-hydrogen) atoms. The number of rotatable bonds is 2. The quantitative estimate of drug-likeness (QED) is 0.628. The molecule has 2 rings (SSSR count). The summed E-state index contributed by atoms with van der Waals surface area (Å²) in [7, 11) is 0. The number of fused-ring (bicyclic) bond motifs is 1. The largest absolute Gasteiger partial charge is 0.268 e. The maximum atomic E-state index is 11.4. The van der Waals surface area contributed by atoms with Crippen LogP contribution >= 0.6 is 0 Å². The second-order valence-corrected chi connectivity index (χ2v) is 3.28. The van der Waals surface area contributed by atoms with Crippen LogP contribution in [0.15, 0.2) is 23.5 Å². The Morgan fingerprint density at radius 3 is 3.23 bits per heavy atom. The minimum absolute atomic E-state index is 0.0134. The van der Waals surface area contributed by atoms with Crippen LogP contribution in [0.4, 0.5) is 0 Å². The van der Waals surface area contributed by atoms with Crippen molar-refractivity contribution in [3.05, 3.63) is 40.3 Å². The molecule has 0 unspecified atom stereocenters. The van der Waals surface area contributed by atoms with Crippen molar-refractivity contribution in [3.8, 4) is 0 Å². The summed E-state index contributed by atoms with van der Waals surface area (Å²) in [6, 6.07) is 1.71. The van der Waals surface area contributed by atoms with Crippen LogP contribution in [0.1, 0.15) is 17.7 Å². The van der Waals surface area contributed by atoms with Crippen molar-refractivity contribution < 1.29 is 0 Å². The minimum Gasteiger partial charge on any atom is -0.268 e. The third kappa shape index (κ3) is 1.41. The Kier molecular flexibility index (Phi) is 2.00. The lowest BCUT2D eigenvalue weighted by molar-refractivity contribution is 0.634. The van der Waals surface area contributed by atoms with Crippen LogP contribution in [0.5, 0.6) is 0 Å². The van der Waals surface area contributed by atoms with E-state index < -0.39 is 0 Å². The zero-order valence-electron chi connectivity index (χ0n) is 7.49. The van der Waals surface area contributed by atoms with Crippen molar-refractivity contribution in [2.24, 2.45) is 0 Å². The molecule has 3 heteroatoms. The summed E-state index contributed by atoms with van der Waals surface area (Å²) in [6.07, 6.45) is 4.83. The number of nitrogens with zero attached hydrogens (tertiary/aromatic N) is 2. The van der Waals surface area contributed by atoms with Crippen molar-refractivity contribution in [1.29, 1.82) is 0 Å². The Bertz CT molecular complexity index is 392. The molecule has 0 radical (unpaired) electrons. The number of aromatic nitrogens is 2. The first kappa shape index (κ1) is 8.23. The standard InChI is InChI=1S/C10H12N2O/c1-2-6-12-10(13)7-8-4-3-5-9(8)11-12/h2,7H,1,3-6H2. The molecule has 68 valence electrons. The fourth-order valence-corrected chi connectivity index (χ4v) is 1.69. The van der Waals surface area contributed by atoms with Gasteiger partial charge in [0.05, 0.1) is 12.2 Å². The van der Waals surface area contributed by atoms with E-state index in [1.807, 2.05) is 0 Å². The Hall–Kier alpha value is -1.38. The molecule has 0 bridgehead atoms. The molecule has 0 aromatic carbocycles. The summed E-state index contributed by atoms with van der Waals surface area (Å²) < 4.78 is 1.47. The molecule has 3 nitrogen and oxygen atoms in total. The highest BCUT2D eigenvalue weighted by Crippen LogP contribution is 2.16. The summed E-state index contributed by atoms with van der Waals surface area (Å²) >= 11 is 0. The van der Waals surface area contributed by atoms with Gasteiger partial charge in [-0.25, -0.2) is 4.68 Å². The normalized spacial score (nSPS) is 14.2. The highest BCUT2D eigenvalue weighted by molar-refractivity contribution is 5.22. The van der Waals surface area contributed by atoms with Gasteiger partial charge in [-0.3, -0.25) is 4.79 Å². The average Bonchev–Trinajstić information content (AvgIpc) is 2.52. The number of aryl methyl sites for hydroxylation is 2. The fraction of sp³-hybridized carbons (Fsp3) is 0.400. The molecule has 1 aliphatic carbocycles. The first-order valence-corrected chi connectivity index (χ1v) is 4.52. The van der Waals surface area contributed by atoms with Crippen molar-refractivity contribution in [1.82, 2.24) is 9.78 Å². The van der Waals surface area contributed by atoms with Gasteiger partial charge in [0.15, 0.2) is 0 Å². The third-order valence-corrected chi connectivity index (χ3v) is 2.33. The topological polar surface area (TPSA) is 34.9 Å². The van der Waals surface area contributed by atoms with E-state index in [0.29, 0.717) is 6.54 Å². The van der Waals surface area contributed by atoms with Crippen LogP contribution < -0.4 is 5.56 Å². The van der Waals surface area contributed by atoms with Gasteiger partial charge in [-0.1, -0.05) is 6.08 Å². The van der Waals surface area contributed by atoms with Gasteiger partial charge in [0.1, 0.15) is 0 Å². The summed E-state index contributed by atoms with van der Waals surface area (Å²) in [5.41, 5.74) is 2.20. The molecule has 0 amide bonds. The van der Waals surface area contributed by atoms with Crippen LogP contribution in [0.25, 0.3) is 0 Å². The van der Waals surface area contributed by atoms with Gasteiger partial charge < -0.3 is 0 Å². The van der Waals surface area contributed by atoms with Gasteiger partial charge in [-0.05, 0) is 24.8 Å². The molecule has 0 saturated carbocycles. The van der Waals surface area contributed by atoms with E-state index in [4.69, 9.17) is 0 Å². The first-order valence-electron chi connectivity index (χ1n) is 4.52. The number of allylic oxidation sites excluding steroid dienone is 1. The molecule has 1 aliphatic rings. The third-order valence-electron chi connectivity index (χ3n) is 2.33. The van der Waals surface area contributed by atoms with Crippen molar-refractivity contribution in [2.45, 2.75) is 25.8 Å². The van der Waals surface area contributed by atoms with E-state index in [2.05, 4.69) is 11.7 Å². The van der Waals surface area contributed by atoms with Gasteiger partial charge in [-0.2, -0.15) is 5.10 Å². The van der Waals surface area contributed by atoms with Crippen molar-refractivity contribution in [3.63, 3.8) is 0 Å². The van der Waals surface area contributed by atoms with Gasteiger partial charge in [0.2, 0.25) is 0 Å². The zero-order valence-corrected chi connectivity index (χ0v) is 7.49. The zero-order chi connectivity index (χ0) is 9.26. The molecule has 0 atom stereocenters. The van der Waals surface area contributed by atoms with Gasteiger partial charge in [0, 0.05) is 6.07 Å². The predicted octanol–water partition coefficient (Wildman–Crippen LogP) is 0.918. The van der Waals surface area contributed by atoms with E-state index in [1.165, 1.54) is 4.68 Å². The molecule has 0 saturated heterocycles. The lowest BCUT2D eigenvalue weighted by Gasteiger charge is -2.03. The molecule has 0 fully saturated rings. The van der Waals surface area contributed by atoms with E-state index in [9.17, 15) is 4.79 Å². The fourth-order valence-electron chi connectivity index (χ4n) is 1.69. The lowest BCUT2D eigenvalue weighted by atomic mass is 10.2. The Morgan fingerprint density at radius 1 is 1.62 bits per heavy atom. The van der Waals surface area contributed by atoms with E-state index in [0.717, 1.165) is 30.5 Å². The van der Waals surface area contributed by atoms with Crippen molar-refractivity contribution >= 4 is 0 Å². The SMILES string of the molecule is C=CCn1nc2c(cc1=O)CCC2. The van der Waals surface area contributed by atoms with Gasteiger partial charge >= 0.3 is 0 Å². The maximum absolute atomic E-state index is 11.4.